The van der Waals surface area contributed by atoms with Crippen LogP contribution < -0.4 is 17.3 Å². The van der Waals surface area contributed by atoms with Crippen LogP contribution in [-0.2, 0) is 13.1 Å². The normalized spacial score (nSPS) is 11.7. The van der Waals surface area contributed by atoms with E-state index in [2.05, 4.69) is 41.5 Å². The first-order valence-corrected chi connectivity index (χ1v) is 7.04. The summed E-state index contributed by atoms with van der Waals surface area (Å²) in [5.41, 5.74) is 2.26. The Balaban J connectivity index is 0.00000176. The number of nitrogens with one attached hydrogen (secondary N) is 1. The standard InChI is InChI=1S/C17H17N3O.ClH/c1-20(12-14-8-4-2-5-9-14)13-16-18-19-17(21-16)15-10-6-3-7-11-15;/h2-11H,12-13H2,1H3;1H. The molecule has 0 spiro atoms. The third-order valence-corrected chi connectivity index (χ3v) is 3.29. The molecule has 1 heterocycles. The van der Waals surface area contributed by atoms with Gasteiger partial charge in [0, 0.05) is 11.1 Å². The van der Waals surface area contributed by atoms with Gasteiger partial charge in [-0.3, -0.25) is 0 Å². The molecule has 1 unspecified atom stereocenters. The summed E-state index contributed by atoms with van der Waals surface area (Å²) in [6.45, 7) is 1.65. The van der Waals surface area contributed by atoms with E-state index in [0.717, 1.165) is 12.1 Å². The monoisotopic (exact) mass is 315 g/mol. The maximum atomic E-state index is 5.73. The van der Waals surface area contributed by atoms with Gasteiger partial charge in [0.2, 0.25) is 5.89 Å². The number of halogens is 1. The van der Waals surface area contributed by atoms with Gasteiger partial charge in [-0.2, -0.15) is 0 Å². The van der Waals surface area contributed by atoms with Crippen LogP contribution in [0.4, 0.5) is 0 Å². The van der Waals surface area contributed by atoms with Gasteiger partial charge in [-0.1, -0.05) is 48.5 Å². The summed E-state index contributed by atoms with van der Waals surface area (Å²) in [6, 6.07) is 20.3. The lowest BCUT2D eigenvalue weighted by Crippen LogP contribution is -3.06. The van der Waals surface area contributed by atoms with Crippen LogP contribution in [0.5, 0.6) is 0 Å². The highest BCUT2D eigenvalue weighted by Crippen LogP contribution is 2.16. The Bertz CT molecular complexity index is 685. The summed E-state index contributed by atoms with van der Waals surface area (Å²) in [5, 5.41) is 8.25. The smallest absolute Gasteiger partial charge is 0.271 e. The predicted molar refractivity (Wildman–Crippen MR) is 80.5 cm³/mol. The molecule has 2 aromatic carbocycles. The molecular weight excluding hydrogens is 298 g/mol. The van der Waals surface area contributed by atoms with Crippen molar-refractivity contribution in [2.45, 2.75) is 13.1 Å². The molecule has 3 rings (SSSR count). The Morgan fingerprint density at radius 3 is 2.18 bits per heavy atom. The van der Waals surface area contributed by atoms with Crippen molar-refractivity contribution in [1.29, 1.82) is 0 Å². The highest BCUT2D eigenvalue weighted by atomic mass is 35.5. The Morgan fingerprint density at radius 1 is 0.864 bits per heavy atom. The number of rotatable bonds is 5. The molecule has 0 aliphatic heterocycles. The fraction of sp³-hybridized carbons (Fsp3) is 0.176. The molecule has 0 saturated heterocycles. The zero-order valence-electron chi connectivity index (χ0n) is 12.4. The van der Waals surface area contributed by atoms with Crippen LogP contribution in [0.1, 0.15) is 11.5 Å². The maximum Gasteiger partial charge on any atom is 0.271 e. The van der Waals surface area contributed by atoms with Crippen molar-refractivity contribution >= 4 is 0 Å². The van der Waals surface area contributed by atoms with Crippen LogP contribution in [0.2, 0.25) is 0 Å². The van der Waals surface area contributed by atoms with Crippen molar-refractivity contribution < 1.29 is 21.7 Å². The second-order valence-electron chi connectivity index (χ2n) is 5.16. The third kappa shape index (κ3) is 4.16. The van der Waals surface area contributed by atoms with Gasteiger partial charge in [-0.25, -0.2) is 0 Å². The van der Waals surface area contributed by atoms with E-state index in [1.807, 2.05) is 36.4 Å². The number of quaternary nitrogens is 1. The molecule has 1 aromatic heterocycles. The molecule has 1 atom stereocenters. The second-order valence-corrected chi connectivity index (χ2v) is 5.16. The molecule has 0 saturated carbocycles. The Morgan fingerprint density at radius 2 is 1.50 bits per heavy atom. The molecule has 0 aliphatic rings. The highest BCUT2D eigenvalue weighted by molar-refractivity contribution is 5.51. The van der Waals surface area contributed by atoms with E-state index in [4.69, 9.17) is 4.42 Å². The summed E-state index contributed by atoms with van der Waals surface area (Å²) >= 11 is 0. The van der Waals surface area contributed by atoms with E-state index < -0.39 is 0 Å². The predicted octanol–water partition coefficient (Wildman–Crippen LogP) is -1.04. The van der Waals surface area contributed by atoms with Gasteiger partial charge < -0.3 is 21.7 Å². The van der Waals surface area contributed by atoms with Crippen molar-refractivity contribution in [2.24, 2.45) is 0 Å². The number of aromatic nitrogens is 2. The first-order chi connectivity index (χ1) is 10.3. The Labute approximate surface area is 136 Å². The van der Waals surface area contributed by atoms with E-state index in [-0.39, 0.29) is 12.4 Å². The third-order valence-electron chi connectivity index (χ3n) is 3.29. The molecule has 0 amide bonds. The van der Waals surface area contributed by atoms with Gasteiger partial charge in [-0.15, -0.1) is 10.2 Å². The molecule has 3 aromatic rings. The van der Waals surface area contributed by atoms with E-state index in [0.29, 0.717) is 18.3 Å². The quantitative estimate of drug-likeness (QED) is 0.654. The summed E-state index contributed by atoms with van der Waals surface area (Å²) in [5.74, 6) is 1.25. The van der Waals surface area contributed by atoms with Crippen molar-refractivity contribution in [3.8, 4) is 11.5 Å². The molecule has 5 heteroatoms. The molecule has 22 heavy (non-hydrogen) atoms. The molecule has 1 N–H and O–H groups in total. The molecule has 0 aliphatic carbocycles. The lowest BCUT2D eigenvalue weighted by Gasteiger charge is -2.11. The first kappa shape index (κ1) is 16.2. The van der Waals surface area contributed by atoms with Crippen molar-refractivity contribution in [1.82, 2.24) is 10.2 Å². The lowest BCUT2D eigenvalue weighted by molar-refractivity contribution is -0.909. The van der Waals surface area contributed by atoms with Gasteiger partial charge in [0.05, 0.1) is 7.05 Å². The summed E-state index contributed by atoms with van der Waals surface area (Å²) < 4.78 is 5.73. The van der Waals surface area contributed by atoms with Gasteiger partial charge in [0.1, 0.15) is 6.54 Å². The Kier molecular flexibility index (Phi) is 5.69. The molecule has 4 nitrogen and oxygen atoms in total. The average Bonchev–Trinajstić information content (AvgIpc) is 2.97. The topological polar surface area (TPSA) is 43.4 Å². The van der Waals surface area contributed by atoms with E-state index >= 15 is 0 Å². The lowest BCUT2D eigenvalue weighted by atomic mass is 10.2. The van der Waals surface area contributed by atoms with Crippen LogP contribution in [0.3, 0.4) is 0 Å². The molecule has 0 bridgehead atoms. The number of benzene rings is 2. The van der Waals surface area contributed by atoms with Crippen molar-refractivity contribution in [2.75, 3.05) is 7.05 Å². The van der Waals surface area contributed by atoms with Crippen molar-refractivity contribution in [3.63, 3.8) is 0 Å². The summed E-state index contributed by atoms with van der Waals surface area (Å²) in [7, 11) is 2.12. The van der Waals surface area contributed by atoms with Crippen LogP contribution >= 0.6 is 0 Å². The van der Waals surface area contributed by atoms with Gasteiger partial charge >= 0.3 is 0 Å². The largest absolute Gasteiger partial charge is 1.00 e. The minimum Gasteiger partial charge on any atom is -1.00 e. The number of nitrogens with zero attached hydrogens (tertiary/aromatic N) is 2. The van der Waals surface area contributed by atoms with E-state index in [9.17, 15) is 0 Å². The van der Waals surface area contributed by atoms with Gasteiger partial charge in [0.15, 0.2) is 6.54 Å². The van der Waals surface area contributed by atoms with E-state index in [1.54, 1.807) is 0 Å². The summed E-state index contributed by atoms with van der Waals surface area (Å²) in [6.07, 6.45) is 0. The minimum atomic E-state index is 0. The van der Waals surface area contributed by atoms with Crippen LogP contribution in [0.15, 0.2) is 65.1 Å². The molecule has 0 fully saturated rings. The SMILES string of the molecule is C[NH+](Cc1ccccc1)Cc1nnc(-c2ccccc2)o1.[Cl-]. The minimum absolute atomic E-state index is 0. The number of hydrogen-bond donors (Lipinski definition) is 1. The van der Waals surface area contributed by atoms with Gasteiger partial charge in [0.25, 0.3) is 5.89 Å². The first-order valence-electron chi connectivity index (χ1n) is 7.04. The van der Waals surface area contributed by atoms with Crippen LogP contribution in [0.25, 0.3) is 11.5 Å². The van der Waals surface area contributed by atoms with E-state index in [1.165, 1.54) is 10.5 Å². The molecular formula is C17H18ClN3O. The fourth-order valence-corrected chi connectivity index (χ4v) is 2.29. The fourth-order valence-electron chi connectivity index (χ4n) is 2.29. The zero-order chi connectivity index (χ0) is 14.5. The maximum absolute atomic E-state index is 5.73. The number of hydrogen-bond acceptors (Lipinski definition) is 3. The Hall–Kier alpha value is -2.17. The zero-order valence-corrected chi connectivity index (χ0v) is 13.1. The van der Waals surface area contributed by atoms with Crippen LogP contribution in [-0.4, -0.2) is 17.2 Å². The molecule has 0 radical (unpaired) electrons. The van der Waals surface area contributed by atoms with Gasteiger partial charge in [-0.05, 0) is 12.1 Å². The second kappa shape index (κ2) is 7.73. The summed E-state index contributed by atoms with van der Waals surface area (Å²) in [4.78, 5) is 1.31. The van der Waals surface area contributed by atoms with Crippen LogP contribution in [0, 0.1) is 0 Å². The average molecular weight is 316 g/mol. The van der Waals surface area contributed by atoms with Crippen molar-refractivity contribution in [3.05, 3.63) is 72.1 Å². The highest BCUT2D eigenvalue weighted by Gasteiger charge is 2.12. The molecule has 114 valence electrons.